The lowest BCUT2D eigenvalue weighted by molar-refractivity contribution is -0.121. The minimum atomic E-state index is 0.0595. The van der Waals surface area contributed by atoms with Crippen LogP contribution in [0.15, 0.2) is 0 Å². The van der Waals surface area contributed by atoms with Gasteiger partial charge in [-0.05, 0) is 46.8 Å². The van der Waals surface area contributed by atoms with Crippen molar-refractivity contribution in [3.8, 4) is 0 Å². The Balaban J connectivity index is 2.43. The number of carbonyl (C=O) groups excluding carboxylic acids is 1. The summed E-state index contributed by atoms with van der Waals surface area (Å²) in [5.74, 6) is 0.263. The van der Waals surface area contributed by atoms with E-state index in [1.165, 1.54) is 19.4 Å². The Morgan fingerprint density at radius 1 is 1.60 bits per heavy atom. The lowest BCUT2D eigenvalue weighted by Gasteiger charge is -2.30. The number of likely N-dealkylation sites (tertiary alicyclic amines) is 1. The van der Waals surface area contributed by atoms with Gasteiger partial charge < -0.3 is 0 Å². The molecule has 0 aromatic heterocycles. The SMILES string of the molecule is CCN1CCCC1CN(C)C(C)C(C)=O. The zero-order valence-electron chi connectivity index (χ0n) is 10.5. The van der Waals surface area contributed by atoms with Crippen molar-refractivity contribution < 1.29 is 4.79 Å². The highest BCUT2D eigenvalue weighted by Gasteiger charge is 2.26. The fourth-order valence-corrected chi connectivity index (χ4v) is 2.32. The smallest absolute Gasteiger partial charge is 0.146 e. The Kier molecular flexibility index (Phi) is 4.74. The maximum Gasteiger partial charge on any atom is 0.146 e. The summed E-state index contributed by atoms with van der Waals surface area (Å²) >= 11 is 0. The zero-order chi connectivity index (χ0) is 11.4. The number of hydrogen-bond donors (Lipinski definition) is 0. The average molecular weight is 212 g/mol. The first-order valence-electron chi connectivity index (χ1n) is 6.01. The predicted molar refractivity (Wildman–Crippen MR) is 63.0 cm³/mol. The normalized spacial score (nSPS) is 24.7. The fourth-order valence-electron chi connectivity index (χ4n) is 2.32. The summed E-state index contributed by atoms with van der Waals surface area (Å²) in [5.41, 5.74) is 0. The fraction of sp³-hybridized carbons (Fsp3) is 0.917. The Hall–Kier alpha value is -0.410. The van der Waals surface area contributed by atoms with Gasteiger partial charge in [-0.25, -0.2) is 0 Å². The highest BCUT2D eigenvalue weighted by atomic mass is 16.1. The molecule has 0 N–H and O–H groups in total. The molecule has 0 bridgehead atoms. The summed E-state index contributed by atoms with van der Waals surface area (Å²) in [7, 11) is 2.05. The van der Waals surface area contributed by atoms with E-state index in [-0.39, 0.29) is 11.8 Å². The molecule has 2 atom stereocenters. The molecular formula is C12H24N2O. The second kappa shape index (κ2) is 5.61. The molecule has 2 unspecified atom stereocenters. The third-order valence-electron chi connectivity index (χ3n) is 3.65. The van der Waals surface area contributed by atoms with Gasteiger partial charge in [0.2, 0.25) is 0 Å². The van der Waals surface area contributed by atoms with E-state index in [1.54, 1.807) is 6.92 Å². The summed E-state index contributed by atoms with van der Waals surface area (Å²) in [6.45, 7) is 9.26. The minimum absolute atomic E-state index is 0.0595. The lowest BCUT2D eigenvalue weighted by Crippen LogP contribution is -2.44. The molecule has 88 valence electrons. The maximum absolute atomic E-state index is 11.3. The van der Waals surface area contributed by atoms with Gasteiger partial charge in [-0.1, -0.05) is 6.92 Å². The van der Waals surface area contributed by atoms with Crippen LogP contribution in [0, 0.1) is 0 Å². The van der Waals surface area contributed by atoms with E-state index in [0.29, 0.717) is 6.04 Å². The first kappa shape index (κ1) is 12.7. The maximum atomic E-state index is 11.3. The average Bonchev–Trinajstić information content (AvgIpc) is 2.63. The molecule has 3 heteroatoms. The van der Waals surface area contributed by atoms with Crippen molar-refractivity contribution in [1.29, 1.82) is 0 Å². The van der Waals surface area contributed by atoms with Crippen molar-refractivity contribution in [2.24, 2.45) is 0 Å². The highest BCUT2D eigenvalue weighted by molar-refractivity contribution is 5.80. The van der Waals surface area contributed by atoms with Gasteiger partial charge >= 0.3 is 0 Å². The van der Waals surface area contributed by atoms with E-state index in [0.717, 1.165) is 13.1 Å². The summed E-state index contributed by atoms with van der Waals surface area (Å²) in [6.07, 6.45) is 2.59. The van der Waals surface area contributed by atoms with Crippen molar-refractivity contribution >= 4 is 5.78 Å². The number of ketones is 1. The number of Topliss-reactive ketones (excluding diaryl/α,β-unsaturated/α-hetero) is 1. The molecule has 0 radical (unpaired) electrons. The van der Waals surface area contributed by atoms with Crippen LogP contribution in [0.4, 0.5) is 0 Å². The molecule has 1 heterocycles. The van der Waals surface area contributed by atoms with Crippen LogP contribution in [0.1, 0.15) is 33.6 Å². The van der Waals surface area contributed by atoms with Crippen LogP contribution in [-0.2, 0) is 4.79 Å². The molecule has 0 aromatic carbocycles. The van der Waals surface area contributed by atoms with Crippen LogP contribution in [-0.4, -0.2) is 54.3 Å². The number of rotatable bonds is 5. The number of nitrogens with zero attached hydrogens (tertiary/aromatic N) is 2. The number of likely N-dealkylation sites (N-methyl/N-ethyl adjacent to an activating group) is 2. The van der Waals surface area contributed by atoms with Gasteiger partial charge in [-0.3, -0.25) is 14.6 Å². The van der Waals surface area contributed by atoms with Crippen LogP contribution in [0.25, 0.3) is 0 Å². The third kappa shape index (κ3) is 3.28. The van der Waals surface area contributed by atoms with Crippen LogP contribution < -0.4 is 0 Å². The van der Waals surface area contributed by atoms with E-state index in [1.807, 2.05) is 6.92 Å². The standard InChI is InChI=1S/C12H24N2O/c1-5-14-8-6-7-12(14)9-13(4)10(2)11(3)15/h10,12H,5-9H2,1-4H3. The number of carbonyl (C=O) groups is 1. The molecule has 0 aromatic rings. The molecule has 1 aliphatic rings. The first-order valence-corrected chi connectivity index (χ1v) is 6.01. The Labute approximate surface area is 93.4 Å². The van der Waals surface area contributed by atoms with Crippen molar-refractivity contribution in [2.45, 2.75) is 45.7 Å². The molecule has 1 fully saturated rings. The zero-order valence-corrected chi connectivity index (χ0v) is 10.5. The van der Waals surface area contributed by atoms with Gasteiger partial charge in [0.25, 0.3) is 0 Å². The molecule has 15 heavy (non-hydrogen) atoms. The molecule has 0 saturated carbocycles. The first-order chi connectivity index (χ1) is 7.06. The summed E-state index contributed by atoms with van der Waals surface area (Å²) in [4.78, 5) is 16.0. The molecule has 1 aliphatic heterocycles. The van der Waals surface area contributed by atoms with E-state index in [4.69, 9.17) is 0 Å². The molecule has 1 saturated heterocycles. The van der Waals surface area contributed by atoms with Gasteiger partial charge in [0.05, 0.1) is 6.04 Å². The van der Waals surface area contributed by atoms with E-state index in [2.05, 4.69) is 23.8 Å². The second-order valence-electron chi connectivity index (χ2n) is 4.65. The summed E-state index contributed by atoms with van der Waals surface area (Å²) < 4.78 is 0. The molecular weight excluding hydrogens is 188 g/mol. The van der Waals surface area contributed by atoms with Crippen LogP contribution in [0.2, 0.25) is 0 Å². The Bertz CT molecular complexity index is 218. The molecule has 0 amide bonds. The predicted octanol–water partition coefficient (Wildman–Crippen LogP) is 1.38. The van der Waals surface area contributed by atoms with Crippen molar-refractivity contribution in [3.63, 3.8) is 0 Å². The number of hydrogen-bond acceptors (Lipinski definition) is 3. The Morgan fingerprint density at radius 3 is 2.80 bits per heavy atom. The van der Waals surface area contributed by atoms with Crippen molar-refractivity contribution in [2.75, 3.05) is 26.7 Å². The molecule has 0 aliphatic carbocycles. The third-order valence-corrected chi connectivity index (χ3v) is 3.65. The molecule has 0 spiro atoms. The van der Waals surface area contributed by atoms with E-state index >= 15 is 0 Å². The van der Waals surface area contributed by atoms with Gasteiger partial charge in [-0.2, -0.15) is 0 Å². The molecule has 3 nitrogen and oxygen atoms in total. The minimum Gasteiger partial charge on any atom is -0.299 e. The second-order valence-corrected chi connectivity index (χ2v) is 4.65. The highest BCUT2D eigenvalue weighted by Crippen LogP contribution is 2.17. The summed E-state index contributed by atoms with van der Waals surface area (Å²) in [5, 5.41) is 0. The summed E-state index contributed by atoms with van der Waals surface area (Å²) in [6, 6.07) is 0.714. The quantitative estimate of drug-likeness (QED) is 0.688. The van der Waals surface area contributed by atoms with Crippen LogP contribution >= 0.6 is 0 Å². The Morgan fingerprint density at radius 2 is 2.27 bits per heavy atom. The monoisotopic (exact) mass is 212 g/mol. The van der Waals surface area contributed by atoms with Crippen LogP contribution in [0.3, 0.4) is 0 Å². The van der Waals surface area contributed by atoms with Gasteiger partial charge in [0.1, 0.15) is 5.78 Å². The van der Waals surface area contributed by atoms with Gasteiger partial charge in [-0.15, -0.1) is 0 Å². The van der Waals surface area contributed by atoms with Gasteiger partial charge in [0, 0.05) is 12.6 Å². The van der Waals surface area contributed by atoms with E-state index in [9.17, 15) is 4.79 Å². The lowest BCUT2D eigenvalue weighted by atomic mass is 10.1. The van der Waals surface area contributed by atoms with Crippen molar-refractivity contribution in [3.05, 3.63) is 0 Å². The van der Waals surface area contributed by atoms with Gasteiger partial charge in [0.15, 0.2) is 0 Å². The van der Waals surface area contributed by atoms with E-state index < -0.39 is 0 Å². The topological polar surface area (TPSA) is 23.6 Å². The van der Waals surface area contributed by atoms with Crippen molar-refractivity contribution in [1.82, 2.24) is 9.80 Å². The van der Waals surface area contributed by atoms with Crippen LogP contribution in [0.5, 0.6) is 0 Å². The molecule has 1 rings (SSSR count). The largest absolute Gasteiger partial charge is 0.299 e.